The number of allylic oxidation sites excluding steroid dienone is 1. The number of rotatable bonds is 4. The molecule has 3 heteroatoms. The number of esters is 1. The SMILES string of the molecule is COC(=O)CC(C)=CC(=O)c1ccccc1. The summed E-state index contributed by atoms with van der Waals surface area (Å²) in [6.07, 6.45) is 1.61. The standard InChI is InChI=1S/C13H14O3/c1-10(9-13(15)16-2)8-12(14)11-6-4-3-5-7-11/h3-8H,9H2,1-2H3. The Balaban J connectivity index is 2.70. The number of hydrogen-bond acceptors (Lipinski definition) is 3. The van der Waals surface area contributed by atoms with Crippen LogP contribution in [0.5, 0.6) is 0 Å². The molecule has 0 aromatic heterocycles. The highest BCUT2D eigenvalue weighted by Gasteiger charge is 2.05. The van der Waals surface area contributed by atoms with Crippen LogP contribution in [0.25, 0.3) is 0 Å². The van der Waals surface area contributed by atoms with Crippen molar-refractivity contribution in [3.63, 3.8) is 0 Å². The maximum absolute atomic E-state index is 11.7. The molecule has 0 bridgehead atoms. The van der Waals surface area contributed by atoms with Gasteiger partial charge in [-0.3, -0.25) is 9.59 Å². The van der Waals surface area contributed by atoms with Crippen molar-refractivity contribution in [1.82, 2.24) is 0 Å². The lowest BCUT2D eigenvalue weighted by Crippen LogP contribution is -2.02. The monoisotopic (exact) mass is 218 g/mol. The lowest BCUT2D eigenvalue weighted by atomic mass is 10.1. The minimum Gasteiger partial charge on any atom is -0.469 e. The first-order valence-electron chi connectivity index (χ1n) is 4.97. The van der Waals surface area contributed by atoms with E-state index in [1.165, 1.54) is 13.2 Å². The van der Waals surface area contributed by atoms with Gasteiger partial charge in [-0.25, -0.2) is 0 Å². The lowest BCUT2D eigenvalue weighted by molar-refractivity contribution is -0.139. The van der Waals surface area contributed by atoms with Crippen molar-refractivity contribution in [2.24, 2.45) is 0 Å². The van der Waals surface area contributed by atoms with Gasteiger partial charge in [-0.2, -0.15) is 0 Å². The molecule has 0 heterocycles. The van der Waals surface area contributed by atoms with Gasteiger partial charge in [-0.05, 0) is 13.0 Å². The van der Waals surface area contributed by atoms with E-state index >= 15 is 0 Å². The molecule has 1 rings (SSSR count). The van der Waals surface area contributed by atoms with Crippen LogP contribution in [-0.4, -0.2) is 18.9 Å². The third-order valence-corrected chi connectivity index (χ3v) is 2.09. The van der Waals surface area contributed by atoms with Crippen LogP contribution in [0.4, 0.5) is 0 Å². The molecule has 0 fully saturated rings. The number of methoxy groups -OCH3 is 1. The van der Waals surface area contributed by atoms with Gasteiger partial charge in [0.05, 0.1) is 13.5 Å². The Kier molecular flexibility index (Phi) is 4.45. The number of ether oxygens (including phenoxy) is 1. The van der Waals surface area contributed by atoms with E-state index in [0.29, 0.717) is 11.1 Å². The quantitative estimate of drug-likeness (QED) is 0.442. The Morgan fingerprint density at radius 3 is 2.44 bits per heavy atom. The van der Waals surface area contributed by atoms with E-state index in [4.69, 9.17) is 0 Å². The summed E-state index contributed by atoms with van der Waals surface area (Å²) in [6, 6.07) is 8.93. The summed E-state index contributed by atoms with van der Waals surface area (Å²) in [6.45, 7) is 1.73. The van der Waals surface area contributed by atoms with E-state index in [2.05, 4.69) is 4.74 Å². The van der Waals surface area contributed by atoms with Crippen molar-refractivity contribution >= 4 is 11.8 Å². The molecule has 0 unspecified atom stereocenters. The van der Waals surface area contributed by atoms with Gasteiger partial charge in [-0.15, -0.1) is 0 Å². The zero-order valence-corrected chi connectivity index (χ0v) is 9.40. The zero-order chi connectivity index (χ0) is 12.0. The summed E-state index contributed by atoms with van der Waals surface area (Å²) >= 11 is 0. The fraction of sp³-hybridized carbons (Fsp3) is 0.231. The Morgan fingerprint density at radius 2 is 1.88 bits per heavy atom. The number of carbonyl (C=O) groups excluding carboxylic acids is 2. The Morgan fingerprint density at radius 1 is 1.25 bits per heavy atom. The summed E-state index contributed by atoms with van der Waals surface area (Å²) in [4.78, 5) is 22.7. The van der Waals surface area contributed by atoms with Gasteiger partial charge in [0, 0.05) is 5.56 Å². The number of carbonyl (C=O) groups is 2. The highest BCUT2D eigenvalue weighted by Crippen LogP contribution is 2.06. The normalized spacial score (nSPS) is 11.0. The molecule has 0 amide bonds. The number of benzene rings is 1. The second-order valence-electron chi connectivity index (χ2n) is 3.47. The highest BCUT2D eigenvalue weighted by molar-refractivity contribution is 6.05. The molecule has 1 aromatic carbocycles. The van der Waals surface area contributed by atoms with E-state index in [0.717, 1.165) is 0 Å². The van der Waals surface area contributed by atoms with Crippen molar-refractivity contribution in [3.8, 4) is 0 Å². The van der Waals surface area contributed by atoms with Crippen LogP contribution >= 0.6 is 0 Å². The van der Waals surface area contributed by atoms with Gasteiger partial charge in [-0.1, -0.05) is 35.9 Å². The molecule has 0 aliphatic carbocycles. The Bertz CT molecular complexity index is 404. The predicted molar refractivity (Wildman–Crippen MR) is 61.2 cm³/mol. The molecule has 3 nitrogen and oxygen atoms in total. The predicted octanol–water partition coefficient (Wildman–Crippen LogP) is 2.38. The van der Waals surface area contributed by atoms with E-state index in [1.807, 2.05) is 6.07 Å². The molecule has 0 spiro atoms. The van der Waals surface area contributed by atoms with E-state index < -0.39 is 0 Å². The minimum absolute atomic E-state index is 0.0954. The second-order valence-corrected chi connectivity index (χ2v) is 3.47. The van der Waals surface area contributed by atoms with Crippen LogP contribution in [0.1, 0.15) is 23.7 Å². The molecule has 84 valence electrons. The van der Waals surface area contributed by atoms with E-state index in [1.54, 1.807) is 31.2 Å². The molecule has 0 aliphatic rings. The van der Waals surface area contributed by atoms with Gasteiger partial charge >= 0.3 is 5.97 Å². The van der Waals surface area contributed by atoms with Crippen LogP contribution in [0, 0.1) is 0 Å². The maximum atomic E-state index is 11.7. The second kappa shape index (κ2) is 5.85. The summed E-state index contributed by atoms with van der Waals surface area (Å²) in [5.74, 6) is -0.434. The fourth-order valence-corrected chi connectivity index (χ4v) is 1.26. The van der Waals surface area contributed by atoms with Crippen LogP contribution in [0.2, 0.25) is 0 Å². The third-order valence-electron chi connectivity index (χ3n) is 2.09. The smallest absolute Gasteiger partial charge is 0.309 e. The largest absolute Gasteiger partial charge is 0.469 e. The van der Waals surface area contributed by atoms with Gasteiger partial charge in [0.15, 0.2) is 5.78 Å². The van der Waals surface area contributed by atoms with E-state index in [9.17, 15) is 9.59 Å². The van der Waals surface area contributed by atoms with Crippen molar-refractivity contribution in [2.75, 3.05) is 7.11 Å². The molecular weight excluding hydrogens is 204 g/mol. The molecule has 0 N–H and O–H groups in total. The molecule has 1 aromatic rings. The Hall–Kier alpha value is -1.90. The highest BCUT2D eigenvalue weighted by atomic mass is 16.5. The maximum Gasteiger partial charge on any atom is 0.309 e. The number of ketones is 1. The van der Waals surface area contributed by atoms with Crippen molar-refractivity contribution < 1.29 is 14.3 Å². The van der Waals surface area contributed by atoms with Gasteiger partial charge in [0.1, 0.15) is 0 Å². The van der Waals surface area contributed by atoms with Crippen LogP contribution in [0.15, 0.2) is 42.0 Å². The average Bonchev–Trinajstić information content (AvgIpc) is 2.29. The first kappa shape index (κ1) is 12.2. The molecule has 0 radical (unpaired) electrons. The minimum atomic E-state index is -0.338. The number of hydrogen-bond donors (Lipinski definition) is 0. The zero-order valence-electron chi connectivity index (χ0n) is 9.40. The lowest BCUT2D eigenvalue weighted by Gasteiger charge is -1.99. The van der Waals surface area contributed by atoms with Crippen LogP contribution in [0.3, 0.4) is 0 Å². The van der Waals surface area contributed by atoms with E-state index in [-0.39, 0.29) is 18.2 Å². The first-order valence-corrected chi connectivity index (χ1v) is 4.97. The molecule has 0 atom stereocenters. The topological polar surface area (TPSA) is 43.4 Å². The molecular formula is C13H14O3. The summed E-state index contributed by atoms with van der Waals surface area (Å²) in [5.41, 5.74) is 1.31. The van der Waals surface area contributed by atoms with Crippen LogP contribution in [-0.2, 0) is 9.53 Å². The van der Waals surface area contributed by atoms with Gasteiger partial charge in [0.2, 0.25) is 0 Å². The summed E-state index contributed by atoms with van der Waals surface area (Å²) in [7, 11) is 1.33. The third kappa shape index (κ3) is 3.69. The molecule has 0 aliphatic heterocycles. The Labute approximate surface area is 94.7 Å². The fourth-order valence-electron chi connectivity index (χ4n) is 1.26. The average molecular weight is 218 g/mol. The first-order chi connectivity index (χ1) is 7.63. The van der Waals surface area contributed by atoms with Crippen molar-refractivity contribution in [3.05, 3.63) is 47.5 Å². The molecule has 0 saturated heterocycles. The molecule has 0 saturated carbocycles. The summed E-state index contributed by atoms with van der Waals surface area (Å²) < 4.78 is 4.52. The van der Waals surface area contributed by atoms with Crippen molar-refractivity contribution in [1.29, 1.82) is 0 Å². The van der Waals surface area contributed by atoms with Crippen molar-refractivity contribution in [2.45, 2.75) is 13.3 Å². The van der Waals surface area contributed by atoms with Gasteiger partial charge in [0.25, 0.3) is 0 Å². The van der Waals surface area contributed by atoms with Crippen LogP contribution < -0.4 is 0 Å². The molecule has 16 heavy (non-hydrogen) atoms. The summed E-state index contributed by atoms with van der Waals surface area (Å²) in [5, 5.41) is 0. The van der Waals surface area contributed by atoms with Gasteiger partial charge < -0.3 is 4.74 Å².